The van der Waals surface area contributed by atoms with Crippen molar-refractivity contribution in [1.82, 2.24) is 20.2 Å². The van der Waals surface area contributed by atoms with E-state index in [1.54, 1.807) is 6.92 Å². The van der Waals surface area contributed by atoms with Crippen molar-refractivity contribution >= 4 is 33.2 Å². The maximum Gasteiger partial charge on any atom is 0.282 e. The van der Waals surface area contributed by atoms with Crippen LogP contribution < -0.4 is 25.2 Å². The number of nitrogens with zero attached hydrogens (tertiary/aromatic N) is 3. The molecule has 0 spiro atoms. The number of carbonyl (C=O) groups excluding carboxylic acids is 1. The van der Waals surface area contributed by atoms with Gasteiger partial charge in [-0.1, -0.05) is 36.8 Å². The van der Waals surface area contributed by atoms with E-state index in [9.17, 15) is 9.59 Å². The Labute approximate surface area is 211 Å². The zero-order valence-corrected chi connectivity index (χ0v) is 21.5. The Morgan fingerprint density at radius 2 is 1.83 bits per heavy atom. The molecule has 4 rings (SSSR count). The van der Waals surface area contributed by atoms with Crippen LogP contribution in [0.2, 0.25) is 0 Å². The lowest BCUT2D eigenvalue weighted by Gasteiger charge is -2.13. The first-order valence-corrected chi connectivity index (χ1v) is 12.1. The molecular formula is C25H27N5O5S. The lowest BCUT2D eigenvalue weighted by Crippen LogP contribution is -2.23. The van der Waals surface area contributed by atoms with E-state index in [4.69, 9.17) is 14.2 Å². The molecule has 0 bridgehead atoms. The number of hydrazone groups is 1. The summed E-state index contributed by atoms with van der Waals surface area (Å²) < 4.78 is 18.4. The Kier molecular flexibility index (Phi) is 7.39. The number of hydrogen-bond acceptors (Lipinski definition) is 8. The van der Waals surface area contributed by atoms with Crippen LogP contribution in [-0.2, 0) is 6.42 Å². The summed E-state index contributed by atoms with van der Waals surface area (Å²) in [5.74, 6) is 0.574. The molecule has 0 aliphatic heterocycles. The van der Waals surface area contributed by atoms with Crippen LogP contribution in [-0.4, -0.2) is 47.7 Å². The van der Waals surface area contributed by atoms with Gasteiger partial charge in [0.1, 0.15) is 0 Å². The Morgan fingerprint density at radius 1 is 1.14 bits per heavy atom. The van der Waals surface area contributed by atoms with Gasteiger partial charge in [0.25, 0.3) is 11.5 Å². The minimum absolute atomic E-state index is 0.260. The number of aromatic nitrogens is 3. The normalized spacial score (nSPS) is 11.5. The van der Waals surface area contributed by atoms with E-state index in [1.807, 2.05) is 31.2 Å². The lowest BCUT2D eigenvalue weighted by atomic mass is 10.1. The van der Waals surface area contributed by atoms with E-state index in [0.717, 1.165) is 22.3 Å². The van der Waals surface area contributed by atoms with Crippen LogP contribution in [0.15, 0.2) is 46.3 Å². The summed E-state index contributed by atoms with van der Waals surface area (Å²) in [7, 11) is 4.43. The highest BCUT2D eigenvalue weighted by molar-refractivity contribution is 7.20. The highest BCUT2D eigenvalue weighted by Crippen LogP contribution is 2.38. The standard InChI is InChI=1S/C25H27N5O5S/c1-6-9-17-21(24(32)30(29-17)25-26-16-10-7-8-11-20(16)36-25)14(2)27-28-23(31)15-12-18(33-3)22(35-5)19(13-15)34-4/h7-8,10-13,29H,6,9H2,1-5H3,(H,28,31)/b27-14+. The molecule has 188 valence electrons. The number of benzene rings is 2. The second-order valence-electron chi connectivity index (χ2n) is 7.87. The van der Waals surface area contributed by atoms with Crippen molar-refractivity contribution in [3.63, 3.8) is 0 Å². The van der Waals surface area contributed by atoms with Gasteiger partial charge in [0.15, 0.2) is 11.5 Å². The van der Waals surface area contributed by atoms with Crippen LogP contribution in [0.1, 0.15) is 41.9 Å². The highest BCUT2D eigenvalue weighted by Gasteiger charge is 2.21. The van der Waals surface area contributed by atoms with Crippen molar-refractivity contribution < 1.29 is 19.0 Å². The molecule has 0 aliphatic rings. The van der Waals surface area contributed by atoms with Crippen LogP contribution in [0.25, 0.3) is 15.3 Å². The van der Waals surface area contributed by atoms with Gasteiger partial charge in [-0.2, -0.15) is 9.78 Å². The molecule has 0 saturated heterocycles. The number of H-pyrrole nitrogens is 1. The summed E-state index contributed by atoms with van der Waals surface area (Å²) in [6.07, 6.45) is 1.45. The van der Waals surface area contributed by atoms with Gasteiger partial charge < -0.3 is 14.2 Å². The van der Waals surface area contributed by atoms with Gasteiger partial charge in [-0.05, 0) is 37.6 Å². The Morgan fingerprint density at radius 3 is 2.44 bits per heavy atom. The maximum atomic E-state index is 13.4. The quantitative estimate of drug-likeness (QED) is 0.261. The molecule has 2 aromatic carbocycles. The largest absolute Gasteiger partial charge is 0.493 e. The van der Waals surface area contributed by atoms with E-state index >= 15 is 0 Å². The molecule has 0 aliphatic carbocycles. The van der Waals surface area contributed by atoms with Gasteiger partial charge in [0.05, 0.1) is 42.8 Å². The van der Waals surface area contributed by atoms with Crippen molar-refractivity contribution in [3.05, 3.63) is 63.6 Å². The van der Waals surface area contributed by atoms with Crippen LogP contribution in [0.3, 0.4) is 0 Å². The molecule has 4 aromatic rings. The summed E-state index contributed by atoms with van der Waals surface area (Å²) in [5.41, 5.74) is 4.84. The van der Waals surface area contributed by atoms with E-state index in [2.05, 4.69) is 20.6 Å². The number of nitrogens with one attached hydrogen (secondary N) is 2. The maximum absolute atomic E-state index is 13.4. The van der Waals surface area contributed by atoms with Crippen LogP contribution in [0.4, 0.5) is 0 Å². The molecule has 0 fully saturated rings. The molecule has 2 aromatic heterocycles. The number of methoxy groups -OCH3 is 3. The van der Waals surface area contributed by atoms with Gasteiger partial charge in [0.2, 0.25) is 10.9 Å². The summed E-state index contributed by atoms with van der Waals surface area (Å²) in [6, 6.07) is 10.8. The molecule has 0 unspecified atom stereocenters. The lowest BCUT2D eigenvalue weighted by molar-refractivity contribution is 0.0954. The summed E-state index contributed by atoms with van der Waals surface area (Å²) in [4.78, 5) is 30.8. The molecule has 10 nitrogen and oxygen atoms in total. The Hall–Kier alpha value is -4.12. The van der Waals surface area contributed by atoms with Crippen LogP contribution in [0, 0.1) is 0 Å². The number of amides is 1. The number of para-hydroxylation sites is 1. The van der Waals surface area contributed by atoms with E-state index in [1.165, 1.54) is 49.5 Å². The number of hydrogen-bond donors (Lipinski definition) is 2. The number of fused-ring (bicyclic) bond motifs is 1. The number of carbonyl (C=O) groups is 1. The SMILES string of the molecule is CCCc1[nH]n(-c2nc3ccccc3s2)c(=O)c1/C(C)=N/NC(=O)c1cc(OC)c(OC)c(OC)c1. The molecule has 0 atom stereocenters. The topological polar surface area (TPSA) is 120 Å². The fraction of sp³-hybridized carbons (Fsp3) is 0.280. The number of rotatable bonds is 9. The predicted molar refractivity (Wildman–Crippen MR) is 139 cm³/mol. The second-order valence-corrected chi connectivity index (χ2v) is 8.88. The van der Waals surface area contributed by atoms with Crippen molar-refractivity contribution in [2.24, 2.45) is 5.10 Å². The van der Waals surface area contributed by atoms with Gasteiger partial charge in [0, 0.05) is 11.3 Å². The molecule has 1 amide bonds. The number of ether oxygens (including phenoxy) is 3. The minimum Gasteiger partial charge on any atom is -0.493 e. The van der Waals surface area contributed by atoms with Gasteiger partial charge in [-0.15, -0.1) is 0 Å². The highest BCUT2D eigenvalue weighted by atomic mass is 32.1. The molecule has 2 heterocycles. The summed E-state index contributed by atoms with van der Waals surface area (Å²) in [6.45, 7) is 3.71. The monoisotopic (exact) mass is 509 g/mol. The molecule has 36 heavy (non-hydrogen) atoms. The third-order valence-electron chi connectivity index (χ3n) is 5.55. The van der Waals surface area contributed by atoms with Crippen molar-refractivity contribution in [3.8, 4) is 22.4 Å². The van der Waals surface area contributed by atoms with Crippen LogP contribution in [0.5, 0.6) is 17.2 Å². The number of aromatic amines is 1. The third kappa shape index (κ3) is 4.69. The Bertz CT molecular complexity index is 1440. The zero-order valence-electron chi connectivity index (χ0n) is 20.7. The fourth-order valence-electron chi connectivity index (χ4n) is 3.84. The van der Waals surface area contributed by atoms with E-state index in [-0.39, 0.29) is 11.1 Å². The zero-order chi connectivity index (χ0) is 25.8. The first kappa shape index (κ1) is 25.0. The first-order chi connectivity index (χ1) is 17.4. The predicted octanol–water partition coefficient (Wildman–Crippen LogP) is 3.91. The summed E-state index contributed by atoms with van der Waals surface area (Å²) in [5, 5.41) is 7.96. The molecule has 0 saturated carbocycles. The summed E-state index contributed by atoms with van der Waals surface area (Å²) >= 11 is 1.42. The third-order valence-corrected chi connectivity index (χ3v) is 6.57. The average Bonchev–Trinajstić information content (AvgIpc) is 3.46. The number of aryl methyl sites for hydroxylation is 1. The molecule has 0 radical (unpaired) electrons. The smallest absolute Gasteiger partial charge is 0.282 e. The van der Waals surface area contributed by atoms with Crippen molar-refractivity contribution in [2.45, 2.75) is 26.7 Å². The molecule has 2 N–H and O–H groups in total. The molecule has 11 heteroatoms. The number of thiazole rings is 1. The van der Waals surface area contributed by atoms with Crippen molar-refractivity contribution in [2.75, 3.05) is 21.3 Å². The second kappa shape index (κ2) is 10.6. The van der Waals surface area contributed by atoms with E-state index in [0.29, 0.717) is 40.1 Å². The van der Waals surface area contributed by atoms with Gasteiger partial charge in [-0.25, -0.2) is 10.4 Å². The first-order valence-electron chi connectivity index (χ1n) is 11.3. The van der Waals surface area contributed by atoms with Gasteiger partial charge in [-0.3, -0.25) is 14.7 Å². The minimum atomic E-state index is -0.493. The Balaban J connectivity index is 1.67. The average molecular weight is 510 g/mol. The fourth-order valence-corrected chi connectivity index (χ4v) is 4.77. The van der Waals surface area contributed by atoms with Gasteiger partial charge >= 0.3 is 0 Å². The van der Waals surface area contributed by atoms with Crippen molar-refractivity contribution in [1.29, 1.82) is 0 Å². The van der Waals surface area contributed by atoms with E-state index < -0.39 is 5.91 Å². The molecular weight excluding hydrogens is 482 g/mol. The van der Waals surface area contributed by atoms with Crippen LogP contribution >= 0.6 is 11.3 Å².